The van der Waals surface area contributed by atoms with Crippen molar-refractivity contribution in [1.82, 2.24) is 9.55 Å². The van der Waals surface area contributed by atoms with E-state index in [2.05, 4.69) is 4.98 Å². The molecule has 0 aliphatic carbocycles. The number of anilines is 2. The number of aromatic nitrogens is 2. The van der Waals surface area contributed by atoms with Gasteiger partial charge in [0.15, 0.2) is 5.69 Å². The lowest BCUT2D eigenvalue weighted by molar-refractivity contribution is -0.384. The van der Waals surface area contributed by atoms with Crippen LogP contribution in [0.4, 0.5) is 17.2 Å². The molecule has 0 aliphatic rings. The number of halogens is 1. The molecule has 0 bridgehead atoms. The second kappa shape index (κ2) is 10.0. The molecule has 2 rings (SSSR count). The number of nitrogens with two attached hydrogens (primary N) is 1. The topological polar surface area (TPSA) is 154 Å². The zero-order chi connectivity index (χ0) is 22.4. The Morgan fingerprint density at radius 1 is 1.40 bits per heavy atom. The van der Waals surface area contributed by atoms with Crippen LogP contribution >= 0.6 is 11.6 Å². The van der Waals surface area contributed by atoms with Gasteiger partial charge in [0.05, 0.1) is 22.1 Å². The van der Waals surface area contributed by atoms with Crippen molar-refractivity contribution in [3.8, 4) is 0 Å². The van der Waals surface area contributed by atoms with Crippen LogP contribution in [0, 0.1) is 10.1 Å². The summed E-state index contributed by atoms with van der Waals surface area (Å²) in [4.78, 5) is 51.6. The van der Waals surface area contributed by atoms with E-state index in [9.17, 15) is 24.5 Å². The average Bonchev–Trinajstić information content (AvgIpc) is 2.69. The van der Waals surface area contributed by atoms with Crippen molar-refractivity contribution in [2.24, 2.45) is 0 Å². The van der Waals surface area contributed by atoms with Crippen LogP contribution < -0.4 is 21.9 Å². The number of amides is 1. The van der Waals surface area contributed by atoms with Crippen LogP contribution in [-0.2, 0) is 11.3 Å². The molecule has 0 aliphatic heterocycles. The number of H-pyrrole nitrogens is 1. The van der Waals surface area contributed by atoms with Crippen molar-refractivity contribution in [1.29, 1.82) is 0 Å². The van der Waals surface area contributed by atoms with E-state index in [0.29, 0.717) is 6.42 Å². The summed E-state index contributed by atoms with van der Waals surface area (Å²) >= 11 is 6.09. The predicted molar refractivity (Wildman–Crippen MR) is 112 cm³/mol. The van der Waals surface area contributed by atoms with Crippen LogP contribution in [0.1, 0.15) is 30.1 Å². The van der Waals surface area contributed by atoms with Gasteiger partial charge in [-0.3, -0.25) is 34.2 Å². The zero-order valence-electron chi connectivity index (χ0n) is 16.5. The standard InChI is InChI=1S/C18H22ClN5O6/c1-3-4-7-23-15(20)14(16(25)21-18(23)27)22(8-9-30-2)17(26)12-10-11(24(28)29)5-6-13(12)19/h5-6,10H,3-4,7-9,20H2,1-2H3,(H,21,25,27). The first-order valence-electron chi connectivity index (χ1n) is 9.10. The number of carbonyl (C=O) groups is 1. The minimum absolute atomic E-state index is 0.0330. The smallest absolute Gasteiger partial charge is 0.330 e. The summed E-state index contributed by atoms with van der Waals surface area (Å²) in [5, 5.41) is 11.1. The van der Waals surface area contributed by atoms with E-state index in [1.807, 2.05) is 6.92 Å². The van der Waals surface area contributed by atoms with Crippen molar-refractivity contribution < 1.29 is 14.5 Å². The third-order valence-electron chi connectivity index (χ3n) is 4.37. The molecule has 0 spiro atoms. The van der Waals surface area contributed by atoms with E-state index in [4.69, 9.17) is 22.1 Å². The number of carbonyl (C=O) groups excluding carboxylic acids is 1. The number of rotatable bonds is 9. The van der Waals surface area contributed by atoms with E-state index in [-0.39, 0.29) is 47.5 Å². The number of benzene rings is 1. The van der Waals surface area contributed by atoms with Gasteiger partial charge in [-0.15, -0.1) is 0 Å². The number of nitrogens with zero attached hydrogens (tertiary/aromatic N) is 3. The molecule has 1 heterocycles. The van der Waals surface area contributed by atoms with Crippen molar-refractivity contribution >= 4 is 34.7 Å². The number of nitrogen functional groups attached to an aromatic ring is 1. The highest BCUT2D eigenvalue weighted by atomic mass is 35.5. The molecule has 2 aromatic rings. The molecule has 0 radical (unpaired) electrons. The Morgan fingerprint density at radius 2 is 2.10 bits per heavy atom. The Labute approximate surface area is 176 Å². The van der Waals surface area contributed by atoms with E-state index < -0.39 is 22.1 Å². The summed E-state index contributed by atoms with van der Waals surface area (Å²) in [6.45, 7) is 2.10. The molecule has 0 saturated carbocycles. The Kier molecular flexibility index (Phi) is 7.72. The summed E-state index contributed by atoms with van der Waals surface area (Å²) < 4.78 is 6.18. The highest BCUT2D eigenvalue weighted by molar-refractivity contribution is 6.34. The third kappa shape index (κ3) is 4.86. The first-order chi connectivity index (χ1) is 14.2. The van der Waals surface area contributed by atoms with Crippen molar-refractivity contribution in [2.45, 2.75) is 26.3 Å². The number of hydrogen-bond acceptors (Lipinski definition) is 7. The number of non-ortho nitro benzene ring substituents is 1. The second-order valence-electron chi connectivity index (χ2n) is 6.37. The van der Waals surface area contributed by atoms with Crippen LogP contribution in [0.15, 0.2) is 27.8 Å². The number of hydrogen-bond donors (Lipinski definition) is 2. The quantitative estimate of drug-likeness (QED) is 0.445. The maximum absolute atomic E-state index is 13.2. The minimum Gasteiger partial charge on any atom is -0.383 e. The molecule has 11 nitrogen and oxygen atoms in total. The van der Waals surface area contributed by atoms with Gasteiger partial charge < -0.3 is 10.5 Å². The van der Waals surface area contributed by atoms with E-state index in [1.165, 1.54) is 17.7 Å². The summed E-state index contributed by atoms with van der Waals surface area (Å²) in [5.41, 5.74) is 3.76. The van der Waals surface area contributed by atoms with Crippen LogP contribution in [0.25, 0.3) is 0 Å². The number of nitrogens with one attached hydrogen (secondary N) is 1. The zero-order valence-corrected chi connectivity index (χ0v) is 17.3. The minimum atomic E-state index is -0.865. The number of unbranched alkanes of at least 4 members (excludes halogenated alkanes) is 1. The highest BCUT2D eigenvalue weighted by Gasteiger charge is 2.27. The van der Waals surface area contributed by atoms with Gasteiger partial charge in [-0.2, -0.15) is 0 Å². The lowest BCUT2D eigenvalue weighted by Crippen LogP contribution is -2.42. The number of nitro benzene ring substituents is 1. The van der Waals surface area contributed by atoms with Gasteiger partial charge in [-0.05, 0) is 12.5 Å². The first-order valence-corrected chi connectivity index (χ1v) is 9.48. The molecular weight excluding hydrogens is 418 g/mol. The summed E-state index contributed by atoms with van der Waals surface area (Å²) in [5.74, 6) is -0.984. The Balaban J connectivity index is 2.65. The molecular formula is C18H22ClN5O6. The number of ether oxygens (including phenoxy) is 1. The Morgan fingerprint density at radius 3 is 2.70 bits per heavy atom. The summed E-state index contributed by atoms with van der Waals surface area (Å²) in [6, 6.07) is 3.39. The molecule has 0 fully saturated rings. The van der Waals surface area contributed by atoms with Crippen LogP contribution in [0.3, 0.4) is 0 Å². The van der Waals surface area contributed by atoms with Crippen molar-refractivity contribution in [3.05, 3.63) is 59.7 Å². The van der Waals surface area contributed by atoms with E-state index in [0.717, 1.165) is 23.5 Å². The van der Waals surface area contributed by atoms with Gasteiger partial charge in [0.1, 0.15) is 5.82 Å². The monoisotopic (exact) mass is 439 g/mol. The fraction of sp³-hybridized carbons (Fsp3) is 0.389. The van der Waals surface area contributed by atoms with Gasteiger partial charge in [0.2, 0.25) is 0 Å². The van der Waals surface area contributed by atoms with Gasteiger partial charge in [0.25, 0.3) is 17.2 Å². The predicted octanol–water partition coefficient (Wildman–Crippen LogP) is 1.77. The highest BCUT2D eigenvalue weighted by Crippen LogP contribution is 2.26. The SMILES string of the molecule is CCCCn1c(N)c(N(CCOC)C(=O)c2cc([N+](=O)[O-])ccc2Cl)c(=O)[nH]c1=O. The molecule has 3 N–H and O–H groups in total. The fourth-order valence-electron chi connectivity index (χ4n) is 2.81. The van der Waals surface area contributed by atoms with Gasteiger partial charge in [-0.1, -0.05) is 24.9 Å². The average molecular weight is 440 g/mol. The molecule has 12 heteroatoms. The van der Waals surface area contributed by atoms with Crippen LogP contribution in [0.5, 0.6) is 0 Å². The molecule has 0 saturated heterocycles. The van der Waals surface area contributed by atoms with Crippen LogP contribution in [0.2, 0.25) is 5.02 Å². The van der Waals surface area contributed by atoms with Gasteiger partial charge in [-0.25, -0.2) is 4.79 Å². The van der Waals surface area contributed by atoms with Crippen molar-refractivity contribution in [3.63, 3.8) is 0 Å². The van der Waals surface area contributed by atoms with E-state index >= 15 is 0 Å². The Hall–Kier alpha value is -3.18. The van der Waals surface area contributed by atoms with Crippen molar-refractivity contribution in [2.75, 3.05) is 30.9 Å². The van der Waals surface area contributed by atoms with Crippen LogP contribution in [-0.4, -0.2) is 40.6 Å². The summed E-state index contributed by atoms with van der Waals surface area (Å²) in [6.07, 6.45) is 1.40. The van der Waals surface area contributed by atoms with Gasteiger partial charge >= 0.3 is 5.69 Å². The number of methoxy groups -OCH3 is 1. The normalized spacial score (nSPS) is 10.8. The number of nitro groups is 1. The maximum Gasteiger partial charge on any atom is 0.330 e. The largest absolute Gasteiger partial charge is 0.383 e. The lowest BCUT2D eigenvalue weighted by Gasteiger charge is -2.24. The molecule has 30 heavy (non-hydrogen) atoms. The number of aromatic amines is 1. The van der Waals surface area contributed by atoms with Gasteiger partial charge in [0, 0.05) is 32.3 Å². The molecule has 0 unspecified atom stereocenters. The fourth-order valence-corrected chi connectivity index (χ4v) is 3.01. The molecule has 1 aromatic carbocycles. The molecule has 162 valence electrons. The lowest BCUT2D eigenvalue weighted by atomic mass is 10.1. The Bertz CT molecular complexity index is 1060. The maximum atomic E-state index is 13.2. The van der Waals surface area contributed by atoms with E-state index in [1.54, 1.807) is 0 Å². The first kappa shape index (κ1) is 23.1. The molecule has 0 atom stereocenters. The second-order valence-corrected chi connectivity index (χ2v) is 6.78. The molecule has 1 amide bonds. The summed E-state index contributed by atoms with van der Waals surface area (Å²) in [7, 11) is 1.40. The third-order valence-corrected chi connectivity index (χ3v) is 4.70. The molecule has 1 aromatic heterocycles.